The molecule has 0 N–H and O–H groups in total. The monoisotopic (exact) mass is 434 g/mol. The minimum atomic E-state index is -2.75. The predicted molar refractivity (Wildman–Crippen MR) is 104 cm³/mol. The van der Waals surface area contributed by atoms with E-state index in [1.807, 2.05) is 0 Å². The van der Waals surface area contributed by atoms with Crippen LogP contribution in [-0.2, 0) is 0 Å². The first-order valence-corrected chi connectivity index (χ1v) is 9.50. The highest BCUT2D eigenvalue weighted by molar-refractivity contribution is 6.30. The largest absolute Gasteiger partial charge is 0.481 e. The van der Waals surface area contributed by atoms with E-state index in [4.69, 9.17) is 16.3 Å². The molecule has 1 aliphatic heterocycles. The Labute approximate surface area is 175 Å². The number of hydrogen-bond donors (Lipinski definition) is 0. The van der Waals surface area contributed by atoms with Crippen LogP contribution >= 0.6 is 11.6 Å². The van der Waals surface area contributed by atoms with Gasteiger partial charge in [0.25, 0.3) is 11.8 Å². The van der Waals surface area contributed by atoms with Gasteiger partial charge in [-0.2, -0.15) is 0 Å². The maximum atomic E-state index is 13.4. The van der Waals surface area contributed by atoms with Crippen molar-refractivity contribution in [2.45, 2.75) is 18.8 Å². The van der Waals surface area contributed by atoms with Crippen LogP contribution in [0.1, 0.15) is 23.5 Å². The highest BCUT2D eigenvalue weighted by atomic mass is 35.5. The van der Waals surface area contributed by atoms with Crippen LogP contribution in [0.4, 0.5) is 8.78 Å². The van der Waals surface area contributed by atoms with Gasteiger partial charge in [-0.1, -0.05) is 11.6 Å². The second-order valence-electron chi connectivity index (χ2n) is 6.74. The lowest BCUT2D eigenvalue weighted by Gasteiger charge is -2.30. The summed E-state index contributed by atoms with van der Waals surface area (Å²) in [5, 5.41) is 4.77. The molecule has 4 rings (SSSR count). The van der Waals surface area contributed by atoms with Gasteiger partial charge in [-0.3, -0.25) is 9.78 Å². The standard InChI is InChI=1S/C19H17ClF2N6O2/c1-30-15-5-3-13(11-24-15)28-17(14-4-2-12(20)10-23-14)25-16(26-28)18(29)27-8-6-19(21,22)7-9-27/h2-5,10-11H,6-9H2,1H3. The van der Waals surface area contributed by atoms with Crippen LogP contribution in [0.2, 0.25) is 5.02 Å². The number of carbonyl (C=O) groups excluding carboxylic acids is 1. The van der Waals surface area contributed by atoms with Gasteiger partial charge in [0.05, 0.1) is 24.0 Å². The molecule has 1 aliphatic rings. The molecule has 156 valence electrons. The van der Waals surface area contributed by atoms with Crippen LogP contribution in [-0.4, -0.2) is 61.7 Å². The third kappa shape index (κ3) is 4.09. The van der Waals surface area contributed by atoms with Gasteiger partial charge in [-0.15, -0.1) is 5.10 Å². The number of pyridine rings is 2. The van der Waals surface area contributed by atoms with Gasteiger partial charge in [0.1, 0.15) is 5.69 Å². The minimum absolute atomic E-state index is 0.0566. The lowest BCUT2D eigenvalue weighted by Crippen LogP contribution is -2.43. The molecule has 0 bridgehead atoms. The van der Waals surface area contributed by atoms with Crippen molar-refractivity contribution >= 4 is 17.5 Å². The van der Waals surface area contributed by atoms with E-state index in [9.17, 15) is 13.6 Å². The van der Waals surface area contributed by atoms with E-state index < -0.39 is 11.8 Å². The normalized spacial score (nSPS) is 15.8. The van der Waals surface area contributed by atoms with Crippen LogP contribution in [0.25, 0.3) is 17.2 Å². The maximum Gasteiger partial charge on any atom is 0.293 e. The van der Waals surface area contributed by atoms with Crippen LogP contribution < -0.4 is 4.74 Å². The second kappa shape index (κ2) is 7.94. The zero-order valence-electron chi connectivity index (χ0n) is 15.9. The summed E-state index contributed by atoms with van der Waals surface area (Å²) in [5.41, 5.74) is 0.964. The molecule has 1 amide bonds. The van der Waals surface area contributed by atoms with Crippen LogP contribution in [0.15, 0.2) is 36.7 Å². The molecule has 0 atom stereocenters. The molecule has 4 heterocycles. The van der Waals surface area contributed by atoms with E-state index in [1.54, 1.807) is 24.3 Å². The second-order valence-corrected chi connectivity index (χ2v) is 7.18. The fraction of sp³-hybridized carbons (Fsp3) is 0.316. The Morgan fingerprint density at radius 1 is 1.13 bits per heavy atom. The van der Waals surface area contributed by atoms with Gasteiger partial charge in [0, 0.05) is 38.2 Å². The Morgan fingerprint density at radius 3 is 2.50 bits per heavy atom. The highest BCUT2D eigenvalue weighted by Gasteiger charge is 2.37. The number of piperidine rings is 1. The first-order valence-electron chi connectivity index (χ1n) is 9.13. The van der Waals surface area contributed by atoms with Crippen molar-refractivity contribution in [3.63, 3.8) is 0 Å². The topological polar surface area (TPSA) is 86.0 Å². The van der Waals surface area contributed by atoms with Crippen molar-refractivity contribution in [2.24, 2.45) is 0 Å². The Bertz CT molecular complexity index is 1050. The molecule has 0 spiro atoms. The average Bonchev–Trinajstić information content (AvgIpc) is 3.19. The molecule has 3 aromatic rings. The number of likely N-dealkylation sites (tertiary alicyclic amines) is 1. The number of aromatic nitrogens is 5. The molecule has 3 aromatic heterocycles. The van der Waals surface area contributed by atoms with E-state index in [0.717, 1.165) is 0 Å². The molecule has 0 aromatic carbocycles. The third-order valence-electron chi connectivity index (χ3n) is 4.71. The Morgan fingerprint density at radius 2 is 1.90 bits per heavy atom. The fourth-order valence-corrected chi connectivity index (χ4v) is 3.17. The van der Waals surface area contributed by atoms with E-state index in [2.05, 4.69) is 20.1 Å². The van der Waals surface area contributed by atoms with Gasteiger partial charge in [-0.05, 0) is 18.2 Å². The molecule has 8 nitrogen and oxygen atoms in total. The fourth-order valence-electron chi connectivity index (χ4n) is 3.05. The van der Waals surface area contributed by atoms with Gasteiger partial charge in [0.15, 0.2) is 5.82 Å². The number of methoxy groups -OCH3 is 1. The number of hydrogen-bond acceptors (Lipinski definition) is 6. The summed E-state index contributed by atoms with van der Waals surface area (Å²) in [6.07, 6.45) is 2.21. The first-order chi connectivity index (χ1) is 14.4. The molecular weight excluding hydrogens is 418 g/mol. The van der Waals surface area contributed by atoms with Gasteiger partial charge in [0.2, 0.25) is 11.7 Å². The van der Waals surface area contributed by atoms with Gasteiger partial charge < -0.3 is 9.64 Å². The molecule has 30 heavy (non-hydrogen) atoms. The van der Waals surface area contributed by atoms with E-state index in [1.165, 1.54) is 29.1 Å². The molecule has 0 radical (unpaired) electrons. The minimum Gasteiger partial charge on any atom is -0.481 e. The molecule has 0 aliphatic carbocycles. The number of carbonyl (C=O) groups is 1. The van der Waals surface area contributed by atoms with Crippen molar-refractivity contribution < 1.29 is 18.3 Å². The summed E-state index contributed by atoms with van der Waals surface area (Å²) in [5.74, 6) is -2.67. The summed E-state index contributed by atoms with van der Waals surface area (Å²) in [7, 11) is 1.50. The molecule has 11 heteroatoms. The summed E-state index contributed by atoms with van der Waals surface area (Å²) in [6.45, 7) is -0.113. The van der Waals surface area contributed by atoms with Crippen LogP contribution in [0.5, 0.6) is 5.88 Å². The smallest absolute Gasteiger partial charge is 0.293 e. The summed E-state index contributed by atoms with van der Waals surface area (Å²) < 4.78 is 33.4. The zero-order valence-corrected chi connectivity index (χ0v) is 16.7. The molecule has 1 fully saturated rings. The number of rotatable bonds is 4. The van der Waals surface area contributed by atoms with Crippen LogP contribution in [0.3, 0.4) is 0 Å². The Balaban J connectivity index is 1.71. The van der Waals surface area contributed by atoms with Crippen molar-refractivity contribution in [1.82, 2.24) is 29.6 Å². The average molecular weight is 435 g/mol. The van der Waals surface area contributed by atoms with Crippen molar-refractivity contribution in [1.29, 1.82) is 0 Å². The van der Waals surface area contributed by atoms with Crippen molar-refractivity contribution in [3.05, 3.63) is 47.5 Å². The number of amides is 1. The Kier molecular flexibility index (Phi) is 5.33. The summed E-state index contributed by atoms with van der Waals surface area (Å²) in [6, 6.07) is 6.64. The van der Waals surface area contributed by atoms with Gasteiger partial charge >= 0.3 is 0 Å². The van der Waals surface area contributed by atoms with Crippen molar-refractivity contribution in [3.8, 4) is 23.1 Å². The number of alkyl halides is 2. The number of halogens is 3. The lowest BCUT2D eigenvalue weighted by molar-refractivity contribution is -0.0496. The molecule has 1 saturated heterocycles. The zero-order chi connectivity index (χ0) is 21.3. The van der Waals surface area contributed by atoms with Crippen molar-refractivity contribution in [2.75, 3.05) is 20.2 Å². The number of ether oxygens (including phenoxy) is 1. The maximum absolute atomic E-state index is 13.4. The van der Waals surface area contributed by atoms with Crippen LogP contribution in [0, 0.1) is 0 Å². The highest BCUT2D eigenvalue weighted by Crippen LogP contribution is 2.28. The summed E-state index contributed by atoms with van der Waals surface area (Å²) in [4.78, 5) is 26.9. The quantitative estimate of drug-likeness (QED) is 0.626. The van der Waals surface area contributed by atoms with Gasteiger partial charge in [-0.25, -0.2) is 23.4 Å². The van der Waals surface area contributed by atoms with E-state index in [0.29, 0.717) is 28.1 Å². The lowest BCUT2D eigenvalue weighted by atomic mass is 10.1. The molecule has 0 unspecified atom stereocenters. The summed E-state index contributed by atoms with van der Waals surface area (Å²) >= 11 is 5.92. The molecular formula is C19H17ClF2N6O2. The molecule has 0 saturated carbocycles. The first kappa shape index (κ1) is 20.1. The predicted octanol–water partition coefficient (Wildman–Crippen LogP) is 3.26. The SMILES string of the molecule is COc1ccc(-n2nc(C(=O)N3CCC(F)(F)CC3)nc2-c2ccc(Cl)cn2)cn1. The Hall–Kier alpha value is -3.14. The van der Waals surface area contributed by atoms with E-state index in [-0.39, 0.29) is 31.8 Å². The number of nitrogens with zero attached hydrogens (tertiary/aromatic N) is 6. The third-order valence-corrected chi connectivity index (χ3v) is 4.94. The van der Waals surface area contributed by atoms with E-state index >= 15 is 0 Å².